The van der Waals surface area contributed by atoms with E-state index >= 15 is 0 Å². The van der Waals surface area contributed by atoms with Crippen molar-refractivity contribution >= 4 is 23.4 Å². The monoisotopic (exact) mass is 244 g/mol. The van der Waals surface area contributed by atoms with E-state index in [4.69, 9.17) is 16.0 Å². The van der Waals surface area contributed by atoms with Gasteiger partial charge in [0.2, 0.25) is 5.95 Å². The van der Waals surface area contributed by atoms with Gasteiger partial charge in [0.05, 0.1) is 5.75 Å². The second kappa shape index (κ2) is 4.63. The van der Waals surface area contributed by atoms with E-state index in [1.165, 1.54) is 24.2 Å². The van der Waals surface area contributed by atoms with E-state index in [-0.39, 0.29) is 0 Å². The lowest BCUT2D eigenvalue weighted by atomic mass is 10.5. The van der Waals surface area contributed by atoms with E-state index in [2.05, 4.69) is 9.97 Å². The van der Waals surface area contributed by atoms with E-state index in [0.717, 1.165) is 5.76 Å². The second-order valence-corrected chi connectivity index (χ2v) is 4.04. The van der Waals surface area contributed by atoms with Crippen LogP contribution in [0, 0.1) is 5.95 Å². The van der Waals surface area contributed by atoms with Gasteiger partial charge in [-0.3, -0.25) is 0 Å². The molecule has 0 aliphatic carbocycles. The first-order valence-corrected chi connectivity index (χ1v) is 5.45. The quantitative estimate of drug-likeness (QED) is 0.614. The van der Waals surface area contributed by atoms with E-state index < -0.39 is 5.95 Å². The van der Waals surface area contributed by atoms with Gasteiger partial charge in [0.1, 0.15) is 17.1 Å². The van der Waals surface area contributed by atoms with Crippen LogP contribution >= 0.6 is 23.4 Å². The van der Waals surface area contributed by atoms with Gasteiger partial charge in [0.15, 0.2) is 5.22 Å². The van der Waals surface area contributed by atoms with Crippen LogP contribution in [0.1, 0.15) is 5.76 Å². The molecular formula is C9H6ClFN2OS. The fraction of sp³-hybridized carbons (Fsp3) is 0.111. The molecule has 0 aliphatic rings. The third-order valence-electron chi connectivity index (χ3n) is 1.60. The summed E-state index contributed by atoms with van der Waals surface area (Å²) in [6, 6.07) is 4.71. The lowest BCUT2D eigenvalue weighted by Crippen LogP contribution is -1.86. The normalized spacial score (nSPS) is 10.5. The van der Waals surface area contributed by atoms with Crippen molar-refractivity contribution in [1.82, 2.24) is 9.97 Å². The summed E-state index contributed by atoms with van der Waals surface area (Å²) in [6.07, 6.45) is 1.19. The molecule has 3 nitrogen and oxygen atoms in total. The Labute approximate surface area is 94.7 Å². The molecule has 0 atom stereocenters. The van der Waals surface area contributed by atoms with Crippen molar-refractivity contribution in [3.05, 3.63) is 41.5 Å². The number of hydrogen-bond donors (Lipinski definition) is 0. The van der Waals surface area contributed by atoms with Gasteiger partial charge in [-0.1, -0.05) is 11.8 Å². The van der Waals surface area contributed by atoms with Crippen LogP contribution in [-0.4, -0.2) is 9.97 Å². The van der Waals surface area contributed by atoms with Gasteiger partial charge in [0, 0.05) is 6.07 Å². The second-order valence-electron chi connectivity index (χ2n) is 2.67. The molecule has 0 aromatic carbocycles. The molecule has 0 aliphatic heterocycles. The zero-order chi connectivity index (χ0) is 10.7. The first-order chi connectivity index (χ1) is 7.24. The zero-order valence-electron chi connectivity index (χ0n) is 7.48. The maximum Gasteiger partial charge on any atom is 0.217 e. The third kappa shape index (κ3) is 2.94. The summed E-state index contributed by atoms with van der Waals surface area (Å²) in [5.41, 5.74) is 0. The molecule has 78 valence electrons. The van der Waals surface area contributed by atoms with Gasteiger partial charge in [0.25, 0.3) is 0 Å². The topological polar surface area (TPSA) is 38.9 Å². The van der Waals surface area contributed by atoms with E-state index in [9.17, 15) is 4.39 Å². The van der Waals surface area contributed by atoms with Crippen molar-refractivity contribution in [2.45, 2.75) is 10.8 Å². The Bertz CT molecular complexity index is 463. The fourth-order valence-corrected chi connectivity index (χ4v) is 1.88. The molecule has 15 heavy (non-hydrogen) atoms. The highest BCUT2D eigenvalue weighted by atomic mass is 35.5. The van der Waals surface area contributed by atoms with Crippen LogP contribution in [0.2, 0.25) is 5.22 Å². The summed E-state index contributed by atoms with van der Waals surface area (Å²) in [6.45, 7) is 0. The molecule has 0 fully saturated rings. The number of rotatable bonds is 3. The largest absolute Gasteiger partial charge is 0.449 e. The highest BCUT2D eigenvalue weighted by Gasteiger charge is 2.03. The number of nitrogens with zero attached hydrogens (tertiary/aromatic N) is 2. The van der Waals surface area contributed by atoms with Crippen molar-refractivity contribution in [2.75, 3.05) is 0 Å². The van der Waals surface area contributed by atoms with Gasteiger partial charge < -0.3 is 4.42 Å². The number of aromatic nitrogens is 2. The SMILES string of the molecule is Fc1cc(SCc2ccc(Cl)o2)ncn1. The molecule has 0 amide bonds. The average Bonchev–Trinajstić information content (AvgIpc) is 2.62. The lowest BCUT2D eigenvalue weighted by molar-refractivity contribution is 0.532. The smallest absolute Gasteiger partial charge is 0.217 e. The molecule has 0 saturated heterocycles. The van der Waals surface area contributed by atoms with Crippen LogP contribution in [0.3, 0.4) is 0 Å². The fourth-order valence-electron chi connectivity index (χ4n) is 0.971. The van der Waals surface area contributed by atoms with Crippen molar-refractivity contribution in [3.63, 3.8) is 0 Å². The molecule has 0 unspecified atom stereocenters. The van der Waals surface area contributed by atoms with Crippen LogP contribution in [-0.2, 0) is 5.75 Å². The summed E-state index contributed by atoms with van der Waals surface area (Å²) in [7, 11) is 0. The molecule has 2 aromatic heterocycles. The molecule has 2 rings (SSSR count). The summed E-state index contributed by atoms with van der Waals surface area (Å²) >= 11 is 6.96. The summed E-state index contributed by atoms with van der Waals surface area (Å²) < 4.78 is 17.8. The predicted molar refractivity (Wildman–Crippen MR) is 55.3 cm³/mol. The standard InChI is InChI=1S/C9H6ClFN2OS/c10-7-2-1-6(14-7)4-15-9-3-8(11)12-5-13-9/h1-3,5H,4H2. The molecule has 6 heteroatoms. The van der Waals surface area contributed by atoms with E-state index in [1.807, 2.05) is 0 Å². The highest BCUT2D eigenvalue weighted by molar-refractivity contribution is 7.98. The molecule has 0 N–H and O–H groups in total. The number of furan rings is 1. The van der Waals surface area contributed by atoms with E-state index in [0.29, 0.717) is 16.0 Å². The van der Waals surface area contributed by atoms with Gasteiger partial charge in [-0.2, -0.15) is 4.39 Å². The van der Waals surface area contributed by atoms with Crippen LogP contribution in [0.25, 0.3) is 0 Å². The third-order valence-corrected chi connectivity index (χ3v) is 2.75. The molecule has 0 bridgehead atoms. The van der Waals surface area contributed by atoms with Gasteiger partial charge >= 0.3 is 0 Å². The zero-order valence-corrected chi connectivity index (χ0v) is 9.06. The van der Waals surface area contributed by atoms with Gasteiger partial charge in [-0.15, -0.1) is 0 Å². The number of thioether (sulfide) groups is 1. The number of halogens is 2. The maximum atomic E-state index is 12.7. The van der Waals surface area contributed by atoms with Crippen molar-refractivity contribution in [1.29, 1.82) is 0 Å². The number of hydrogen-bond acceptors (Lipinski definition) is 4. The molecule has 0 saturated carbocycles. The Morgan fingerprint density at radius 1 is 1.40 bits per heavy atom. The van der Waals surface area contributed by atoms with Crippen molar-refractivity contribution in [2.24, 2.45) is 0 Å². The van der Waals surface area contributed by atoms with Gasteiger partial charge in [-0.05, 0) is 23.7 Å². The molecule has 2 aromatic rings. The maximum absolute atomic E-state index is 12.7. The van der Waals surface area contributed by atoms with Crippen LogP contribution in [0.15, 0.2) is 34.0 Å². The Hall–Kier alpha value is -1.07. The van der Waals surface area contributed by atoms with Crippen molar-refractivity contribution in [3.8, 4) is 0 Å². The van der Waals surface area contributed by atoms with E-state index in [1.54, 1.807) is 12.1 Å². The first kappa shape index (κ1) is 10.4. The Kier molecular flexibility index (Phi) is 3.23. The molecule has 0 spiro atoms. The summed E-state index contributed by atoms with van der Waals surface area (Å²) in [4.78, 5) is 7.26. The minimum Gasteiger partial charge on any atom is -0.449 e. The van der Waals surface area contributed by atoms with Crippen molar-refractivity contribution < 1.29 is 8.81 Å². The Balaban J connectivity index is 1.99. The predicted octanol–water partition coefficient (Wildman–Crippen LogP) is 3.15. The summed E-state index contributed by atoms with van der Waals surface area (Å²) in [5.74, 6) is 0.748. The summed E-state index contributed by atoms with van der Waals surface area (Å²) in [5, 5.41) is 0.912. The van der Waals surface area contributed by atoms with Crippen LogP contribution in [0.5, 0.6) is 0 Å². The minimum atomic E-state index is -0.537. The molecule has 2 heterocycles. The van der Waals surface area contributed by atoms with Crippen LogP contribution in [0.4, 0.5) is 4.39 Å². The molecule has 0 radical (unpaired) electrons. The first-order valence-electron chi connectivity index (χ1n) is 4.08. The van der Waals surface area contributed by atoms with Gasteiger partial charge in [-0.25, -0.2) is 9.97 Å². The Morgan fingerprint density at radius 2 is 2.27 bits per heavy atom. The Morgan fingerprint density at radius 3 is 2.93 bits per heavy atom. The lowest BCUT2D eigenvalue weighted by Gasteiger charge is -1.97. The van der Waals surface area contributed by atoms with Crippen LogP contribution < -0.4 is 0 Å². The molecular weight excluding hydrogens is 239 g/mol. The minimum absolute atomic E-state index is 0.347. The average molecular weight is 245 g/mol. The highest BCUT2D eigenvalue weighted by Crippen LogP contribution is 2.23.